The van der Waals surface area contributed by atoms with Crippen LogP contribution in [0.3, 0.4) is 0 Å². The van der Waals surface area contributed by atoms with Crippen molar-refractivity contribution in [2.24, 2.45) is 0 Å². The summed E-state index contributed by atoms with van der Waals surface area (Å²) >= 11 is 3.53. The molecule has 0 saturated heterocycles. The second-order valence-corrected chi connectivity index (χ2v) is 7.30. The number of halogens is 1. The second kappa shape index (κ2) is 5.53. The van der Waals surface area contributed by atoms with Crippen LogP contribution in [0.15, 0.2) is 35.1 Å². The van der Waals surface area contributed by atoms with Crippen LogP contribution in [0.4, 0.5) is 4.79 Å². The largest absolute Gasteiger partial charge is 0.443 e. The lowest BCUT2D eigenvalue weighted by atomic mass is 10.1. The molecule has 0 saturated carbocycles. The summed E-state index contributed by atoms with van der Waals surface area (Å²) in [4.78, 5) is 12.4. The average molecular weight is 376 g/mol. The number of aromatic amines is 1. The van der Waals surface area contributed by atoms with E-state index in [9.17, 15) is 4.79 Å². The van der Waals surface area contributed by atoms with Crippen LogP contribution in [-0.2, 0) is 4.74 Å². The summed E-state index contributed by atoms with van der Waals surface area (Å²) in [5.41, 5.74) is 3.30. The third kappa shape index (κ3) is 3.03. The Hall–Kier alpha value is -2.08. The number of hydrogen-bond acceptors (Lipinski definition) is 3. The van der Waals surface area contributed by atoms with Gasteiger partial charge in [-0.1, -0.05) is 6.07 Å². The van der Waals surface area contributed by atoms with Gasteiger partial charge in [0.25, 0.3) is 0 Å². The first-order chi connectivity index (χ1) is 10.8. The van der Waals surface area contributed by atoms with Crippen LogP contribution >= 0.6 is 15.9 Å². The molecule has 2 aromatic heterocycles. The summed E-state index contributed by atoms with van der Waals surface area (Å²) in [5, 5.41) is 7.97. The van der Waals surface area contributed by atoms with Gasteiger partial charge in [0.1, 0.15) is 5.60 Å². The van der Waals surface area contributed by atoms with Crippen molar-refractivity contribution in [1.82, 2.24) is 14.8 Å². The van der Waals surface area contributed by atoms with E-state index in [0.29, 0.717) is 0 Å². The third-order valence-corrected chi connectivity index (χ3v) is 4.12. The number of aromatic nitrogens is 3. The van der Waals surface area contributed by atoms with Crippen LogP contribution in [0.1, 0.15) is 26.5 Å². The number of hydrogen-bond donors (Lipinski definition) is 1. The van der Waals surface area contributed by atoms with Gasteiger partial charge < -0.3 is 4.74 Å². The topological polar surface area (TPSA) is 59.9 Å². The molecule has 0 unspecified atom stereocenters. The Balaban J connectivity index is 2.07. The van der Waals surface area contributed by atoms with Crippen molar-refractivity contribution in [3.63, 3.8) is 0 Å². The Bertz CT molecular complexity index is 887. The number of ether oxygens (including phenoxy) is 1. The Morgan fingerprint density at radius 1 is 1.35 bits per heavy atom. The quantitative estimate of drug-likeness (QED) is 0.658. The zero-order valence-corrected chi connectivity index (χ0v) is 15.1. The monoisotopic (exact) mass is 375 g/mol. The van der Waals surface area contributed by atoms with Gasteiger partial charge in [0, 0.05) is 27.8 Å². The van der Waals surface area contributed by atoms with Crippen LogP contribution in [-0.4, -0.2) is 26.5 Å². The summed E-state index contributed by atoms with van der Waals surface area (Å²) in [5.74, 6) is 0. The maximum absolute atomic E-state index is 12.4. The van der Waals surface area contributed by atoms with E-state index >= 15 is 0 Å². The first-order valence-electron chi connectivity index (χ1n) is 7.31. The van der Waals surface area contributed by atoms with E-state index in [-0.39, 0.29) is 6.09 Å². The van der Waals surface area contributed by atoms with E-state index in [1.54, 1.807) is 6.20 Å². The van der Waals surface area contributed by atoms with Crippen LogP contribution in [0.2, 0.25) is 0 Å². The van der Waals surface area contributed by atoms with Gasteiger partial charge in [-0.05, 0) is 61.3 Å². The number of H-pyrrole nitrogens is 1. The third-order valence-electron chi connectivity index (χ3n) is 3.49. The lowest BCUT2D eigenvalue weighted by Gasteiger charge is -2.19. The molecule has 23 heavy (non-hydrogen) atoms. The first kappa shape index (κ1) is 15.8. The summed E-state index contributed by atoms with van der Waals surface area (Å²) in [7, 11) is 0. The minimum Gasteiger partial charge on any atom is -0.443 e. The summed E-state index contributed by atoms with van der Waals surface area (Å²) in [6, 6.07) is 5.94. The fraction of sp³-hybridized carbons (Fsp3) is 0.294. The Morgan fingerprint density at radius 2 is 2.09 bits per heavy atom. The molecule has 6 heteroatoms. The molecule has 5 nitrogen and oxygen atoms in total. The number of fused-ring (bicyclic) bond motifs is 1. The number of benzene rings is 1. The van der Waals surface area contributed by atoms with Crippen LogP contribution in [0.5, 0.6) is 0 Å². The van der Waals surface area contributed by atoms with E-state index in [4.69, 9.17) is 4.74 Å². The minimum absolute atomic E-state index is 0.388. The molecular formula is C17H18BrN3O2. The smallest absolute Gasteiger partial charge is 0.419 e. The lowest BCUT2D eigenvalue weighted by Crippen LogP contribution is -2.26. The summed E-state index contributed by atoms with van der Waals surface area (Å²) in [6.45, 7) is 7.51. The van der Waals surface area contributed by atoms with E-state index in [0.717, 1.165) is 32.2 Å². The molecule has 2 heterocycles. The number of carbonyl (C=O) groups excluding carboxylic acids is 1. The standard InChI is InChI=1S/C17H18BrN3O2/c1-10-13(8-19-20-10)11-5-6-15-12(7-11)14(18)9-21(15)16(22)23-17(2,3)4/h5-9H,1-4H3,(H,19,20). The van der Waals surface area contributed by atoms with Crippen molar-refractivity contribution in [2.75, 3.05) is 0 Å². The molecule has 1 aromatic carbocycles. The average Bonchev–Trinajstić information content (AvgIpc) is 3.01. The Morgan fingerprint density at radius 3 is 2.70 bits per heavy atom. The number of carbonyl (C=O) groups is 1. The zero-order chi connectivity index (χ0) is 16.8. The Kier molecular flexibility index (Phi) is 3.80. The van der Waals surface area contributed by atoms with Crippen molar-refractivity contribution >= 4 is 32.9 Å². The molecule has 0 atom stereocenters. The van der Waals surface area contributed by atoms with Gasteiger partial charge in [0.2, 0.25) is 0 Å². The first-order valence-corrected chi connectivity index (χ1v) is 8.10. The van der Waals surface area contributed by atoms with Crippen LogP contribution < -0.4 is 0 Å². The fourth-order valence-electron chi connectivity index (χ4n) is 2.47. The number of nitrogens with one attached hydrogen (secondary N) is 1. The SMILES string of the molecule is Cc1n[nH]cc1-c1ccc2c(c1)c(Br)cn2C(=O)OC(C)(C)C. The summed E-state index contributed by atoms with van der Waals surface area (Å²) in [6.07, 6.45) is 3.22. The van der Waals surface area contributed by atoms with E-state index < -0.39 is 5.60 Å². The highest BCUT2D eigenvalue weighted by molar-refractivity contribution is 9.10. The molecule has 1 N–H and O–H groups in total. The highest BCUT2D eigenvalue weighted by Gasteiger charge is 2.20. The summed E-state index contributed by atoms with van der Waals surface area (Å²) < 4.78 is 7.83. The highest BCUT2D eigenvalue weighted by Crippen LogP contribution is 2.32. The molecule has 0 aliphatic carbocycles. The van der Waals surface area contributed by atoms with Gasteiger partial charge in [-0.15, -0.1) is 0 Å². The van der Waals surface area contributed by atoms with Crippen LogP contribution in [0, 0.1) is 6.92 Å². The van der Waals surface area contributed by atoms with Crippen molar-refractivity contribution < 1.29 is 9.53 Å². The van der Waals surface area contributed by atoms with Gasteiger partial charge in [0.15, 0.2) is 0 Å². The molecule has 0 aliphatic rings. The van der Waals surface area contributed by atoms with Crippen molar-refractivity contribution in [1.29, 1.82) is 0 Å². The van der Waals surface area contributed by atoms with Gasteiger partial charge in [-0.3, -0.25) is 9.67 Å². The molecule has 0 spiro atoms. The molecule has 3 rings (SSSR count). The van der Waals surface area contributed by atoms with E-state index in [1.807, 2.05) is 52.1 Å². The molecule has 0 radical (unpaired) electrons. The fourth-order valence-corrected chi connectivity index (χ4v) is 2.99. The molecule has 0 aliphatic heterocycles. The normalized spacial score (nSPS) is 11.9. The van der Waals surface area contributed by atoms with Gasteiger partial charge >= 0.3 is 6.09 Å². The molecule has 0 fully saturated rings. The molecule has 120 valence electrons. The molecular weight excluding hydrogens is 358 g/mol. The maximum Gasteiger partial charge on any atom is 0.419 e. The highest BCUT2D eigenvalue weighted by atomic mass is 79.9. The van der Waals surface area contributed by atoms with E-state index in [2.05, 4.69) is 26.1 Å². The predicted molar refractivity (Wildman–Crippen MR) is 93.6 cm³/mol. The molecule has 3 aromatic rings. The van der Waals surface area contributed by atoms with Crippen molar-refractivity contribution in [3.05, 3.63) is 40.8 Å². The number of aryl methyl sites for hydroxylation is 1. The van der Waals surface area contributed by atoms with Gasteiger partial charge in [-0.25, -0.2) is 4.79 Å². The van der Waals surface area contributed by atoms with Gasteiger partial charge in [-0.2, -0.15) is 5.10 Å². The van der Waals surface area contributed by atoms with E-state index in [1.165, 1.54) is 4.57 Å². The predicted octanol–water partition coefficient (Wildman–Crippen LogP) is 4.89. The van der Waals surface area contributed by atoms with Gasteiger partial charge in [0.05, 0.1) is 11.2 Å². The zero-order valence-electron chi connectivity index (χ0n) is 13.5. The number of nitrogens with zero attached hydrogens (tertiary/aromatic N) is 2. The number of rotatable bonds is 1. The molecule has 0 amide bonds. The maximum atomic E-state index is 12.4. The Labute approximate surface area is 142 Å². The lowest BCUT2D eigenvalue weighted by molar-refractivity contribution is 0.0544. The minimum atomic E-state index is -0.534. The second-order valence-electron chi connectivity index (χ2n) is 6.44. The van der Waals surface area contributed by atoms with Crippen molar-refractivity contribution in [2.45, 2.75) is 33.3 Å². The van der Waals surface area contributed by atoms with Crippen LogP contribution in [0.25, 0.3) is 22.0 Å². The van der Waals surface area contributed by atoms with Crippen molar-refractivity contribution in [3.8, 4) is 11.1 Å². The molecule has 0 bridgehead atoms.